The minimum atomic E-state index is -0.363. The summed E-state index contributed by atoms with van der Waals surface area (Å²) in [6, 6.07) is 13.6. The fraction of sp³-hybridized carbons (Fsp3) is 0.263. The molecule has 1 atom stereocenters. The highest BCUT2D eigenvalue weighted by Crippen LogP contribution is 2.27. The molecule has 3 rings (SSSR count). The van der Waals surface area contributed by atoms with Crippen LogP contribution in [0.15, 0.2) is 48.5 Å². The summed E-state index contributed by atoms with van der Waals surface area (Å²) in [5.41, 5.74) is 2.69. The fourth-order valence-corrected chi connectivity index (χ4v) is 2.92. The molecule has 1 heterocycles. The zero-order chi connectivity index (χ0) is 17.1. The third-order valence-corrected chi connectivity index (χ3v) is 4.28. The Morgan fingerprint density at radius 1 is 1.21 bits per heavy atom. The predicted molar refractivity (Wildman–Crippen MR) is 89.9 cm³/mol. The monoisotopic (exact) mass is 326 g/mol. The quantitative estimate of drug-likeness (QED) is 0.939. The topological polar surface area (TPSA) is 49.4 Å². The molecule has 4 nitrogen and oxygen atoms in total. The Labute approximate surface area is 140 Å². The highest BCUT2D eigenvalue weighted by molar-refractivity contribution is 6.00. The van der Waals surface area contributed by atoms with Crippen molar-refractivity contribution in [1.82, 2.24) is 5.32 Å². The Kier molecular flexibility index (Phi) is 4.60. The zero-order valence-electron chi connectivity index (χ0n) is 13.5. The van der Waals surface area contributed by atoms with Gasteiger partial charge in [-0.15, -0.1) is 0 Å². The minimum Gasteiger partial charge on any atom is -0.352 e. The van der Waals surface area contributed by atoms with E-state index in [0.717, 1.165) is 16.8 Å². The fourth-order valence-electron chi connectivity index (χ4n) is 2.92. The number of halogens is 1. The molecule has 5 heteroatoms. The first-order valence-corrected chi connectivity index (χ1v) is 7.93. The van der Waals surface area contributed by atoms with Gasteiger partial charge in [-0.25, -0.2) is 4.39 Å². The number of benzene rings is 2. The second kappa shape index (κ2) is 6.83. The van der Waals surface area contributed by atoms with Crippen molar-refractivity contribution in [1.29, 1.82) is 0 Å². The number of hydrogen-bond donors (Lipinski definition) is 1. The number of hydrogen-bond acceptors (Lipinski definition) is 2. The summed E-state index contributed by atoms with van der Waals surface area (Å²) >= 11 is 0. The lowest BCUT2D eigenvalue weighted by atomic mass is 10.1. The summed E-state index contributed by atoms with van der Waals surface area (Å²) in [5.74, 6) is -0.854. The molecule has 0 spiro atoms. The lowest BCUT2D eigenvalue weighted by Crippen LogP contribution is -2.32. The number of para-hydroxylation sites is 1. The van der Waals surface area contributed by atoms with E-state index in [-0.39, 0.29) is 30.0 Å². The standard InChI is InChI=1S/C19H19FN2O2/c1-13-4-2-3-5-17(13)22-12-15(10-18(22)23)19(24)21-11-14-6-8-16(20)9-7-14/h2-9,15H,10-12H2,1H3,(H,21,24)/t15-/m0/s1. The van der Waals surface area contributed by atoms with Crippen LogP contribution in [0.3, 0.4) is 0 Å². The second-order valence-corrected chi connectivity index (χ2v) is 6.04. The van der Waals surface area contributed by atoms with Crippen LogP contribution in [0.25, 0.3) is 0 Å². The Balaban J connectivity index is 1.62. The van der Waals surface area contributed by atoms with Crippen molar-refractivity contribution in [2.75, 3.05) is 11.4 Å². The van der Waals surface area contributed by atoms with Crippen LogP contribution in [0.5, 0.6) is 0 Å². The SMILES string of the molecule is Cc1ccccc1N1C[C@@H](C(=O)NCc2ccc(F)cc2)CC1=O. The van der Waals surface area contributed by atoms with Crippen molar-refractivity contribution in [3.8, 4) is 0 Å². The average Bonchev–Trinajstić information content (AvgIpc) is 2.96. The van der Waals surface area contributed by atoms with Gasteiger partial charge in [0, 0.05) is 25.2 Å². The molecule has 1 N–H and O–H groups in total. The normalized spacial score (nSPS) is 17.2. The van der Waals surface area contributed by atoms with E-state index < -0.39 is 0 Å². The third kappa shape index (κ3) is 3.45. The van der Waals surface area contributed by atoms with E-state index >= 15 is 0 Å². The third-order valence-electron chi connectivity index (χ3n) is 4.28. The Morgan fingerprint density at radius 2 is 1.92 bits per heavy atom. The Morgan fingerprint density at radius 3 is 2.62 bits per heavy atom. The van der Waals surface area contributed by atoms with Crippen LogP contribution < -0.4 is 10.2 Å². The average molecular weight is 326 g/mol. The molecule has 24 heavy (non-hydrogen) atoms. The molecule has 2 aromatic carbocycles. The first kappa shape index (κ1) is 16.2. The molecule has 2 aromatic rings. The molecule has 1 saturated heterocycles. The number of carbonyl (C=O) groups is 2. The van der Waals surface area contributed by atoms with Crippen LogP contribution in [0.4, 0.5) is 10.1 Å². The van der Waals surface area contributed by atoms with Crippen LogP contribution in [-0.2, 0) is 16.1 Å². The molecule has 0 saturated carbocycles. The Hall–Kier alpha value is -2.69. The molecule has 1 fully saturated rings. The van der Waals surface area contributed by atoms with Gasteiger partial charge < -0.3 is 10.2 Å². The highest BCUT2D eigenvalue weighted by atomic mass is 19.1. The first-order chi connectivity index (χ1) is 11.5. The van der Waals surface area contributed by atoms with Gasteiger partial charge in [-0.2, -0.15) is 0 Å². The molecule has 2 amide bonds. The minimum absolute atomic E-state index is 0.0359. The van der Waals surface area contributed by atoms with Crippen molar-refractivity contribution < 1.29 is 14.0 Å². The summed E-state index contributed by atoms with van der Waals surface area (Å²) < 4.78 is 12.9. The lowest BCUT2D eigenvalue weighted by Gasteiger charge is -2.19. The zero-order valence-corrected chi connectivity index (χ0v) is 13.5. The van der Waals surface area contributed by atoms with Crippen LogP contribution in [0.1, 0.15) is 17.5 Å². The van der Waals surface area contributed by atoms with Crippen LogP contribution in [0, 0.1) is 18.7 Å². The predicted octanol–water partition coefficient (Wildman–Crippen LogP) is 2.80. The van der Waals surface area contributed by atoms with Crippen LogP contribution >= 0.6 is 0 Å². The number of rotatable bonds is 4. The maximum atomic E-state index is 12.9. The van der Waals surface area contributed by atoms with Crippen molar-refractivity contribution in [3.05, 3.63) is 65.5 Å². The first-order valence-electron chi connectivity index (χ1n) is 7.93. The smallest absolute Gasteiger partial charge is 0.227 e. The number of amides is 2. The van der Waals surface area contributed by atoms with Crippen molar-refractivity contribution in [3.63, 3.8) is 0 Å². The summed E-state index contributed by atoms with van der Waals surface area (Å²) in [6.45, 7) is 2.66. The van der Waals surface area contributed by atoms with Gasteiger partial charge in [-0.05, 0) is 36.2 Å². The molecular formula is C19H19FN2O2. The highest BCUT2D eigenvalue weighted by Gasteiger charge is 2.35. The number of nitrogens with one attached hydrogen (secondary N) is 1. The van der Waals surface area contributed by atoms with E-state index in [1.54, 1.807) is 17.0 Å². The van der Waals surface area contributed by atoms with Crippen molar-refractivity contribution in [2.24, 2.45) is 5.92 Å². The maximum Gasteiger partial charge on any atom is 0.227 e. The van der Waals surface area contributed by atoms with E-state index in [1.807, 2.05) is 31.2 Å². The van der Waals surface area contributed by atoms with Gasteiger partial charge in [0.15, 0.2) is 0 Å². The molecule has 0 bridgehead atoms. The molecule has 0 aromatic heterocycles. The Bertz CT molecular complexity index is 758. The van der Waals surface area contributed by atoms with Gasteiger partial charge in [0.05, 0.1) is 5.92 Å². The molecule has 1 aliphatic rings. The van der Waals surface area contributed by atoms with Gasteiger partial charge in [-0.1, -0.05) is 30.3 Å². The summed E-state index contributed by atoms with van der Waals surface area (Å²) in [5, 5.41) is 2.83. The van der Waals surface area contributed by atoms with E-state index in [2.05, 4.69) is 5.32 Å². The van der Waals surface area contributed by atoms with Crippen LogP contribution in [-0.4, -0.2) is 18.4 Å². The second-order valence-electron chi connectivity index (χ2n) is 6.04. The molecule has 1 aliphatic heterocycles. The van der Waals surface area contributed by atoms with Crippen LogP contribution in [0.2, 0.25) is 0 Å². The molecular weight excluding hydrogens is 307 g/mol. The summed E-state index contributed by atoms with van der Waals surface area (Å²) in [7, 11) is 0. The van der Waals surface area contributed by atoms with Crippen molar-refractivity contribution >= 4 is 17.5 Å². The van der Waals surface area contributed by atoms with Crippen molar-refractivity contribution in [2.45, 2.75) is 19.9 Å². The van der Waals surface area contributed by atoms with Gasteiger partial charge in [0.1, 0.15) is 5.82 Å². The molecule has 0 unspecified atom stereocenters. The van der Waals surface area contributed by atoms with E-state index in [0.29, 0.717) is 13.1 Å². The van der Waals surface area contributed by atoms with Gasteiger partial charge in [-0.3, -0.25) is 9.59 Å². The van der Waals surface area contributed by atoms with E-state index in [4.69, 9.17) is 0 Å². The summed E-state index contributed by atoms with van der Waals surface area (Å²) in [6.07, 6.45) is 0.212. The molecule has 124 valence electrons. The van der Waals surface area contributed by atoms with E-state index in [1.165, 1.54) is 12.1 Å². The van der Waals surface area contributed by atoms with E-state index in [9.17, 15) is 14.0 Å². The number of aryl methyl sites for hydroxylation is 1. The number of carbonyl (C=O) groups excluding carboxylic acids is 2. The molecule has 0 radical (unpaired) electrons. The van der Waals surface area contributed by atoms with Gasteiger partial charge >= 0.3 is 0 Å². The molecule has 0 aliphatic carbocycles. The largest absolute Gasteiger partial charge is 0.352 e. The van der Waals surface area contributed by atoms with Gasteiger partial charge in [0.25, 0.3) is 0 Å². The summed E-state index contributed by atoms with van der Waals surface area (Å²) in [4.78, 5) is 26.3. The number of anilines is 1. The van der Waals surface area contributed by atoms with Gasteiger partial charge in [0.2, 0.25) is 11.8 Å². The number of nitrogens with zero attached hydrogens (tertiary/aromatic N) is 1. The maximum absolute atomic E-state index is 12.9. The lowest BCUT2D eigenvalue weighted by molar-refractivity contribution is -0.126.